The van der Waals surface area contributed by atoms with E-state index in [0.29, 0.717) is 30.1 Å². The summed E-state index contributed by atoms with van der Waals surface area (Å²) in [5.41, 5.74) is -1.50. The first-order chi connectivity index (χ1) is 10.7. The van der Waals surface area contributed by atoms with E-state index in [0.717, 1.165) is 12.8 Å². The summed E-state index contributed by atoms with van der Waals surface area (Å²) in [6, 6.07) is 5.39. The average molecular weight is 302 g/mol. The highest BCUT2D eigenvalue weighted by Gasteiger charge is 2.80. The Morgan fingerprint density at radius 1 is 1.32 bits per heavy atom. The van der Waals surface area contributed by atoms with Crippen LogP contribution in [0.5, 0.6) is 5.75 Å². The van der Waals surface area contributed by atoms with Crippen LogP contribution < -0.4 is 4.74 Å². The number of methoxy groups -OCH3 is 1. The van der Waals surface area contributed by atoms with E-state index in [1.165, 1.54) is 0 Å². The van der Waals surface area contributed by atoms with E-state index in [-0.39, 0.29) is 23.7 Å². The summed E-state index contributed by atoms with van der Waals surface area (Å²) in [6.07, 6.45) is 1.32. The second kappa shape index (κ2) is 3.91. The van der Waals surface area contributed by atoms with Gasteiger partial charge in [0.15, 0.2) is 11.2 Å². The first-order valence-electron chi connectivity index (χ1n) is 7.86. The summed E-state index contributed by atoms with van der Waals surface area (Å²) in [7, 11) is 1.54. The van der Waals surface area contributed by atoms with Crippen molar-refractivity contribution < 1.29 is 24.1 Å². The molecule has 0 amide bonds. The topological polar surface area (TPSA) is 65.0 Å². The minimum absolute atomic E-state index is 0.0228. The zero-order chi connectivity index (χ0) is 15.1. The normalized spacial score (nSPS) is 44.6. The van der Waals surface area contributed by atoms with E-state index >= 15 is 0 Å². The van der Waals surface area contributed by atoms with Crippen LogP contribution in [0.2, 0.25) is 0 Å². The smallest absolute Gasteiger partial charge is 0.202 e. The van der Waals surface area contributed by atoms with Crippen LogP contribution in [0.1, 0.15) is 28.8 Å². The first kappa shape index (κ1) is 13.0. The molecule has 1 aromatic rings. The lowest BCUT2D eigenvalue weighted by Crippen LogP contribution is -2.55. The molecule has 2 saturated heterocycles. The largest absolute Gasteiger partial charge is 0.496 e. The molecule has 5 heteroatoms. The number of ether oxygens (including phenoxy) is 3. The van der Waals surface area contributed by atoms with E-state index in [9.17, 15) is 9.90 Å². The number of rotatable bonds is 1. The molecular weight excluding hydrogens is 284 g/mol. The van der Waals surface area contributed by atoms with Gasteiger partial charge in [0, 0.05) is 24.7 Å². The third kappa shape index (κ3) is 1.09. The van der Waals surface area contributed by atoms with Crippen LogP contribution in [-0.4, -0.2) is 42.9 Å². The lowest BCUT2D eigenvalue weighted by Gasteiger charge is -2.36. The molecule has 2 heterocycles. The zero-order valence-electron chi connectivity index (χ0n) is 12.4. The lowest BCUT2D eigenvalue weighted by atomic mass is 9.79. The molecule has 2 aliphatic heterocycles. The van der Waals surface area contributed by atoms with Crippen molar-refractivity contribution in [3.63, 3.8) is 0 Å². The van der Waals surface area contributed by atoms with Gasteiger partial charge in [0.05, 0.1) is 18.8 Å². The predicted octanol–water partition coefficient (Wildman–Crippen LogP) is 1.27. The monoisotopic (exact) mass is 302 g/mol. The first-order valence-corrected chi connectivity index (χ1v) is 7.86. The minimum atomic E-state index is -1.39. The number of benzene rings is 1. The number of ketones is 1. The third-order valence-corrected chi connectivity index (χ3v) is 6.13. The molecule has 1 N–H and O–H groups in total. The van der Waals surface area contributed by atoms with Crippen molar-refractivity contribution in [2.75, 3.05) is 20.3 Å². The molecule has 0 unspecified atom stereocenters. The van der Waals surface area contributed by atoms with Crippen LogP contribution >= 0.6 is 0 Å². The molecule has 3 fully saturated rings. The van der Waals surface area contributed by atoms with Gasteiger partial charge >= 0.3 is 0 Å². The Labute approximate surface area is 128 Å². The molecule has 116 valence electrons. The van der Waals surface area contributed by atoms with Gasteiger partial charge in [-0.2, -0.15) is 0 Å². The van der Waals surface area contributed by atoms with Crippen molar-refractivity contribution >= 4 is 5.78 Å². The van der Waals surface area contributed by atoms with Gasteiger partial charge in [-0.25, -0.2) is 0 Å². The highest BCUT2D eigenvalue weighted by Crippen LogP contribution is 2.67. The molecule has 1 spiro atoms. The summed E-state index contributed by atoms with van der Waals surface area (Å²) in [5.74, 6) is 0.580. The average Bonchev–Trinajstić information content (AvgIpc) is 3.24. The van der Waals surface area contributed by atoms with Crippen LogP contribution in [0, 0.1) is 11.8 Å². The Balaban J connectivity index is 1.83. The van der Waals surface area contributed by atoms with E-state index in [1.54, 1.807) is 13.2 Å². The standard InChI is InChI=1S/C17H18O5/c1-20-12-4-2-3-11-13(12)14(18)17-10(6-8-22-17)9-5-7-21-15(9)16(11,17)19/h2-4,9-10,15,19H,5-8H2,1H3/t9-,10-,15-,16-,17-/m1/s1. The molecule has 2 aliphatic carbocycles. The zero-order valence-corrected chi connectivity index (χ0v) is 12.4. The van der Waals surface area contributed by atoms with Crippen LogP contribution in [0.4, 0.5) is 0 Å². The molecule has 0 radical (unpaired) electrons. The quantitative estimate of drug-likeness (QED) is 0.846. The van der Waals surface area contributed by atoms with Gasteiger partial charge in [-0.3, -0.25) is 4.79 Å². The molecule has 4 aliphatic rings. The summed E-state index contributed by atoms with van der Waals surface area (Å²) in [6.45, 7) is 1.15. The van der Waals surface area contributed by atoms with Gasteiger partial charge in [0.1, 0.15) is 5.75 Å². The van der Waals surface area contributed by atoms with Crippen molar-refractivity contribution in [3.8, 4) is 5.75 Å². The second-order valence-electron chi connectivity index (χ2n) is 6.70. The van der Waals surface area contributed by atoms with Crippen LogP contribution in [0.25, 0.3) is 0 Å². The fraction of sp³-hybridized carbons (Fsp3) is 0.588. The SMILES string of the molecule is COc1cccc2c1C(=O)[C@]13OCC[C@@H]1[C@H]1CCO[C@H]1[C@]23O. The van der Waals surface area contributed by atoms with Crippen LogP contribution in [-0.2, 0) is 15.1 Å². The molecule has 5 atom stereocenters. The summed E-state index contributed by atoms with van der Waals surface area (Å²) < 4.78 is 17.2. The number of Topliss-reactive ketones (excluding diaryl/α,β-unsaturated/α-hetero) is 1. The predicted molar refractivity (Wildman–Crippen MR) is 75.9 cm³/mol. The number of hydrogen-bond donors (Lipinski definition) is 1. The maximum absolute atomic E-state index is 13.3. The van der Waals surface area contributed by atoms with Crippen molar-refractivity contribution in [3.05, 3.63) is 29.3 Å². The summed E-state index contributed by atoms with van der Waals surface area (Å²) >= 11 is 0. The lowest BCUT2D eigenvalue weighted by molar-refractivity contribution is -0.169. The van der Waals surface area contributed by atoms with E-state index in [2.05, 4.69) is 0 Å². The van der Waals surface area contributed by atoms with Crippen molar-refractivity contribution in [2.24, 2.45) is 11.8 Å². The molecule has 0 bridgehead atoms. The Hall–Kier alpha value is -1.43. The van der Waals surface area contributed by atoms with E-state index in [4.69, 9.17) is 14.2 Å². The van der Waals surface area contributed by atoms with Gasteiger partial charge in [-0.15, -0.1) is 0 Å². The molecular formula is C17H18O5. The number of fused-ring (bicyclic) bond motifs is 5. The van der Waals surface area contributed by atoms with Gasteiger partial charge < -0.3 is 19.3 Å². The highest BCUT2D eigenvalue weighted by atomic mass is 16.6. The molecule has 1 saturated carbocycles. The maximum atomic E-state index is 13.3. The third-order valence-electron chi connectivity index (χ3n) is 6.13. The summed E-state index contributed by atoms with van der Waals surface area (Å²) in [5, 5.41) is 11.7. The van der Waals surface area contributed by atoms with Crippen molar-refractivity contribution in [1.82, 2.24) is 0 Å². The Morgan fingerprint density at radius 2 is 2.18 bits per heavy atom. The Bertz CT molecular complexity index is 686. The van der Waals surface area contributed by atoms with Crippen molar-refractivity contribution in [1.29, 1.82) is 0 Å². The number of hydrogen-bond acceptors (Lipinski definition) is 5. The minimum Gasteiger partial charge on any atom is -0.496 e. The van der Waals surface area contributed by atoms with Gasteiger partial charge in [-0.1, -0.05) is 12.1 Å². The Kier molecular flexibility index (Phi) is 2.32. The van der Waals surface area contributed by atoms with Gasteiger partial charge in [-0.05, 0) is 24.8 Å². The van der Waals surface area contributed by atoms with Crippen molar-refractivity contribution in [2.45, 2.75) is 30.1 Å². The Morgan fingerprint density at radius 3 is 3.00 bits per heavy atom. The van der Waals surface area contributed by atoms with Crippen LogP contribution in [0.3, 0.4) is 0 Å². The maximum Gasteiger partial charge on any atom is 0.202 e. The number of carbonyl (C=O) groups excluding carboxylic acids is 1. The second-order valence-corrected chi connectivity index (χ2v) is 6.70. The molecule has 5 rings (SSSR count). The number of aliphatic hydroxyl groups is 1. The fourth-order valence-electron chi connectivity index (χ4n) is 5.42. The number of carbonyl (C=O) groups is 1. The van der Waals surface area contributed by atoms with Gasteiger partial charge in [0.2, 0.25) is 5.78 Å². The van der Waals surface area contributed by atoms with E-state index in [1.807, 2.05) is 12.1 Å². The van der Waals surface area contributed by atoms with E-state index < -0.39 is 11.2 Å². The van der Waals surface area contributed by atoms with Crippen LogP contribution in [0.15, 0.2) is 18.2 Å². The molecule has 1 aromatic carbocycles. The molecule has 5 nitrogen and oxygen atoms in total. The highest BCUT2D eigenvalue weighted by molar-refractivity contribution is 6.11. The molecule has 22 heavy (non-hydrogen) atoms. The molecule has 0 aromatic heterocycles. The van der Waals surface area contributed by atoms with Gasteiger partial charge in [0.25, 0.3) is 0 Å². The summed E-state index contributed by atoms with van der Waals surface area (Å²) in [4.78, 5) is 13.3. The fourth-order valence-corrected chi connectivity index (χ4v) is 5.42.